The summed E-state index contributed by atoms with van der Waals surface area (Å²) >= 11 is 11.8. The van der Waals surface area contributed by atoms with Crippen LogP contribution in [0.15, 0.2) is 41.3 Å². The van der Waals surface area contributed by atoms with Crippen molar-refractivity contribution in [1.29, 1.82) is 5.26 Å². The smallest absolute Gasteiger partial charge is 0.261 e. The standard InChI is InChI=1S/C14H10Cl2N2O2S/c1-9-2-4-11(6-13(9)15)18-21(19,20)12-5-3-10(8-17)14(16)7-12/h2-7,18H,1H3. The molecule has 0 spiro atoms. The van der Waals surface area contributed by atoms with Gasteiger partial charge in [-0.2, -0.15) is 5.26 Å². The fourth-order valence-electron chi connectivity index (χ4n) is 1.62. The van der Waals surface area contributed by atoms with E-state index in [1.165, 1.54) is 24.3 Å². The minimum absolute atomic E-state index is 0.0248. The predicted molar refractivity (Wildman–Crippen MR) is 83.2 cm³/mol. The highest BCUT2D eigenvalue weighted by Crippen LogP contribution is 2.24. The van der Waals surface area contributed by atoms with Gasteiger partial charge in [-0.25, -0.2) is 8.42 Å². The molecule has 0 unspecified atom stereocenters. The van der Waals surface area contributed by atoms with Gasteiger partial charge in [-0.3, -0.25) is 4.72 Å². The summed E-state index contributed by atoms with van der Waals surface area (Å²) in [4.78, 5) is -0.0248. The number of nitrogens with zero attached hydrogens (tertiary/aromatic N) is 1. The third-order valence-electron chi connectivity index (χ3n) is 2.80. The number of anilines is 1. The lowest BCUT2D eigenvalue weighted by atomic mass is 10.2. The molecule has 0 amide bonds. The zero-order valence-corrected chi connectivity index (χ0v) is 13.2. The van der Waals surface area contributed by atoms with Gasteiger partial charge in [0, 0.05) is 5.02 Å². The number of halogens is 2. The predicted octanol–water partition coefficient (Wildman–Crippen LogP) is 3.97. The normalized spacial score (nSPS) is 11.0. The molecule has 0 aliphatic heterocycles. The molecule has 1 N–H and O–H groups in total. The first-order chi connectivity index (χ1) is 9.83. The first kappa shape index (κ1) is 15.6. The molecule has 2 rings (SSSR count). The zero-order chi connectivity index (χ0) is 15.6. The van der Waals surface area contributed by atoms with Gasteiger partial charge >= 0.3 is 0 Å². The maximum absolute atomic E-state index is 12.3. The van der Waals surface area contributed by atoms with Gasteiger partial charge < -0.3 is 0 Å². The molecule has 2 aromatic rings. The van der Waals surface area contributed by atoms with Crippen molar-refractivity contribution in [2.45, 2.75) is 11.8 Å². The van der Waals surface area contributed by atoms with E-state index in [4.69, 9.17) is 28.5 Å². The average Bonchev–Trinajstić information content (AvgIpc) is 2.42. The second-order valence-corrected chi connectivity index (χ2v) is 6.82. The molecule has 7 heteroatoms. The SMILES string of the molecule is Cc1ccc(NS(=O)(=O)c2ccc(C#N)c(Cl)c2)cc1Cl. The number of hydrogen-bond donors (Lipinski definition) is 1. The molecule has 0 heterocycles. The summed E-state index contributed by atoms with van der Waals surface area (Å²) in [7, 11) is -3.79. The quantitative estimate of drug-likeness (QED) is 0.918. The molecule has 0 aliphatic carbocycles. The molecular weight excluding hydrogens is 331 g/mol. The van der Waals surface area contributed by atoms with Crippen LogP contribution in [0.4, 0.5) is 5.69 Å². The molecule has 2 aromatic carbocycles. The Morgan fingerprint density at radius 2 is 1.81 bits per heavy atom. The van der Waals surface area contributed by atoms with Crippen LogP contribution in [0.25, 0.3) is 0 Å². The van der Waals surface area contributed by atoms with Crippen molar-refractivity contribution in [1.82, 2.24) is 0 Å². The molecule has 0 saturated carbocycles. The van der Waals surface area contributed by atoms with E-state index >= 15 is 0 Å². The summed E-state index contributed by atoms with van der Waals surface area (Å²) in [6.45, 7) is 1.82. The number of rotatable bonds is 3. The lowest BCUT2D eigenvalue weighted by molar-refractivity contribution is 0.601. The summed E-state index contributed by atoms with van der Waals surface area (Å²) in [6, 6.07) is 10.6. The van der Waals surface area contributed by atoms with E-state index in [0.29, 0.717) is 10.7 Å². The van der Waals surface area contributed by atoms with Crippen LogP contribution in [0, 0.1) is 18.3 Å². The number of nitriles is 1. The van der Waals surface area contributed by atoms with E-state index in [2.05, 4.69) is 4.72 Å². The lowest BCUT2D eigenvalue weighted by Gasteiger charge is -2.10. The maximum Gasteiger partial charge on any atom is 0.261 e. The number of nitrogens with one attached hydrogen (secondary N) is 1. The summed E-state index contributed by atoms with van der Waals surface area (Å²) in [5, 5.41) is 9.34. The van der Waals surface area contributed by atoms with Crippen LogP contribution in [0.2, 0.25) is 10.0 Å². The van der Waals surface area contributed by atoms with Crippen LogP contribution in [0.3, 0.4) is 0 Å². The first-order valence-corrected chi connectivity index (χ1v) is 8.06. The third kappa shape index (κ3) is 3.48. The highest BCUT2D eigenvalue weighted by molar-refractivity contribution is 7.92. The number of benzene rings is 2. The van der Waals surface area contributed by atoms with Gasteiger partial charge in [0.15, 0.2) is 0 Å². The Morgan fingerprint density at radius 3 is 2.38 bits per heavy atom. The molecule has 4 nitrogen and oxygen atoms in total. The highest BCUT2D eigenvalue weighted by atomic mass is 35.5. The van der Waals surface area contributed by atoms with Gasteiger partial charge in [0.05, 0.1) is 21.2 Å². The van der Waals surface area contributed by atoms with Crippen molar-refractivity contribution in [3.05, 3.63) is 57.6 Å². The Bertz CT molecular complexity index is 843. The van der Waals surface area contributed by atoms with Crippen molar-refractivity contribution in [3.8, 4) is 6.07 Å². The molecule has 0 atom stereocenters. The van der Waals surface area contributed by atoms with E-state index in [9.17, 15) is 8.42 Å². The fraction of sp³-hybridized carbons (Fsp3) is 0.0714. The van der Waals surface area contributed by atoms with Crippen LogP contribution in [0.5, 0.6) is 0 Å². The topological polar surface area (TPSA) is 70.0 Å². The molecule has 21 heavy (non-hydrogen) atoms. The summed E-state index contributed by atoms with van der Waals surface area (Å²) in [5.74, 6) is 0. The molecule has 0 aliphatic rings. The molecule has 0 aromatic heterocycles. The molecule has 0 saturated heterocycles. The largest absolute Gasteiger partial charge is 0.280 e. The average molecular weight is 341 g/mol. The van der Waals surface area contributed by atoms with Gasteiger partial charge in [-0.05, 0) is 42.8 Å². The minimum Gasteiger partial charge on any atom is -0.280 e. The van der Waals surface area contributed by atoms with Gasteiger partial charge in [0.25, 0.3) is 10.0 Å². The first-order valence-electron chi connectivity index (χ1n) is 5.82. The Morgan fingerprint density at radius 1 is 1.10 bits per heavy atom. The number of aryl methyl sites for hydroxylation is 1. The van der Waals surface area contributed by atoms with Gasteiger partial charge in [0.1, 0.15) is 6.07 Å². The molecule has 0 bridgehead atoms. The Labute approximate surface area is 133 Å². The maximum atomic E-state index is 12.3. The Kier molecular flexibility index (Phi) is 4.43. The second kappa shape index (κ2) is 5.94. The van der Waals surface area contributed by atoms with Crippen LogP contribution in [-0.4, -0.2) is 8.42 Å². The van der Waals surface area contributed by atoms with Gasteiger partial charge in [-0.1, -0.05) is 29.3 Å². The van der Waals surface area contributed by atoms with Crippen molar-refractivity contribution < 1.29 is 8.42 Å². The zero-order valence-electron chi connectivity index (χ0n) is 10.9. The number of sulfonamides is 1. The van der Waals surface area contributed by atoms with Crippen LogP contribution >= 0.6 is 23.2 Å². The van der Waals surface area contributed by atoms with Crippen LogP contribution in [0.1, 0.15) is 11.1 Å². The second-order valence-electron chi connectivity index (χ2n) is 4.32. The minimum atomic E-state index is -3.79. The van der Waals surface area contributed by atoms with Crippen molar-refractivity contribution in [2.24, 2.45) is 0 Å². The van der Waals surface area contributed by atoms with E-state index < -0.39 is 10.0 Å². The van der Waals surface area contributed by atoms with E-state index in [-0.39, 0.29) is 15.5 Å². The number of hydrogen-bond acceptors (Lipinski definition) is 3. The molecular formula is C14H10Cl2N2O2S. The molecule has 108 valence electrons. The fourth-order valence-corrected chi connectivity index (χ4v) is 3.17. The van der Waals surface area contributed by atoms with Crippen molar-refractivity contribution in [2.75, 3.05) is 4.72 Å². The van der Waals surface area contributed by atoms with E-state index in [1.807, 2.05) is 13.0 Å². The monoisotopic (exact) mass is 340 g/mol. The van der Waals surface area contributed by atoms with E-state index in [0.717, 1.165) is 5.56 Å². The van der Waals surface area contributed by atoms with Gasteiger partial charge in [0.2, 0.25) is 0 Å². The summed E-state index contributed by atoms with van der Waals surface area (Å²) in [6.07, 6.45) is 0. The van der Waals surface area contributed by atoms with Crippen LogP contribution in [-0.2, 0) is 10.0 Å². The van der Waals surface area contributed by atoms with Crippen molar-refractivity contribution in [3.63, 3.8) is 0 Å². The summed E-state index contributed by atoms with van der Waals surface area (Å²) < 4.78 is 26.9. The molecule has 0 radical (unpaired) electrons. The summed E-state index contributed by atoms with van der Waals surface area (Å²) in [5.41, 5.74) is 1.42. The van der Waals surface area contributed by atoms with Gasteiger partial charge in [-0.15, -0.1) is 0 Å². The Hall–Kier alpha value is -1.74. The Balaban J connectivity index is 2.36. The molecule has 0 fully saturated rings. The van der Waals surface area contributed by atoms with E-state index in [1.54, 1.807) is 12.1 Å². The van der Waals surface area contributed by atoms with Crippen molar-refractivity contribution >= 4 is 38.9 Å². The third-order valence-corrected chi connectivity index (χ3v) is 4.89. The highest BCUT2D eigenvalue weighted by Gasteiger charge is 2.16. The lowest BCUT2D eigenvalue weighted by Crippen LogP contribution is -2.13. The van der Waals surface area contributed by atoms with Crippen LogP contribution < -0.4 is 4.72 Å².